The molecule has 2 amide bonds. The molecule has 0 aliphatic carbocycles. The van der Waals surface area contributed by atoms with Crippen molar-refractivity contribution in [1.82, 2.24) is 10.2 Å². The summed E-state index contributed by atoms with van der Waals surface area (Å²) >= 11 is 0. The van der Waals surface area contributed by atoms with Crippen LogP contribution in [-0.4, -0.2) is 33.4 Å². The van der Waals surface area contributed by atoms with E-state index in [0.717, 1.165) is 5.56 Å². The summed E-state index contributed by atoms with van der Waals surface area (Å²) in [6.07, 6.45) is -0.906. The third-order valence-corrected chi connectivity index (χ3v) is 2.94. The van der Waals surface area contributed by atoms with Crippen LogP contribution in [0.25, 0.3) is 11.0 Å². The maximum absolute atomic E-state index is 12.9. The number of amides is 2. The normalized spacial score (nSPS) is 12.3. The summed E-state index contributed by atoms with van der Waals surface area (Å²) in [4.78, 5) is 30.9. The van der Waals surface area contributed by atoms with E-state index in [1.54, 1.807) is 53.7 Å². The highest BCUT2D eigenvalue weighted by Crippen LogP contribution is 2.24. The van der Waals surface area contributed by atoms with Crippen LogP contribution in [0.5, 0.6) is 0 Å². The fourth-order valence-electron chi connectivity index (χ4n) is 2.04. The second kappa shape index (κ2) is 6.48. The summed E-state index contributed by atoms with van der Waals surface area (Å²) in [5.74, 6) is -0.742. The van der Waals surface area contributed by atoms with Crippen LogP contribution < -0.4 is 0 Å². The molecule has 0 aliphatic heterocycles. The van der Waals surface area contributed by atoms with Crippen LogP contribution in [-0.2, 0) is 9.57 Å². The zero-order valence-electron chi connectivity index (χ0n) is 15.7. The Hall–Kier alpha value is -2.41. The number of hydrogen-bond donors (Lipinski definition) is 0. The van der Waals surface area contributed by atoms with Crippen LogP contribution in [0.2, 0.25) is 0 Å². The molecule has 136 valence electrons. The van der Waals surface area contributed by atoms with Gasteiger partial charge < -0.3 is 9.26 Å². The first-order valence-electron chi connectivity index (χ1n) is 8.00. The minimum Gasteiger partial charge on any atom is -0.442 e. The van der Waals surface area contributed by atoms with E-state index in [4.69, 9.17) is 14.1 Å². The molecule has 25 heavy (non-hydrogen) atoms. The first-order valence-corrected chi connectivity index (χ1v) is 8.00. The van der Waals surface area contributed by atoms with E-state index in [0.29, 0.717) is 16.0 Å². The van der Waals surface area contributed by atoms with Gasteiger partial charge in [0.2, 0.25) is 0 Å². The molecule has 0 fully saturated rings. The van der Waals surface area contributed by atoms with Crippen molar-refractivity contribution in [3.63, 3.8) is 0 Å². The van der Waals surface area contributed by atoms with E-state index in [1.165, 1.54) is 0 Å². The van der Waals surface area contributed by atoms with Gasteiger partial charge in [-0.25, -0.2) is 4.79 Å². The molecule has 0 aliphatic rings. The molecule has 7 nitrogen and oxygen atoms in total. The van der Waals surface area contributed by atoms with E-state index in [1.807, 2.05) is 13.0 Å². The maximum atomic E-state index is 12.9. The Kier molecular flexibility index (Phi) is 4.90. The molecule has 2 aromatic rings. The van der Waals surface area contributed by atoms with Crippen LogP contribution in [0.3, 0.4) is 0 Å². The highest BCUT2D eigenvalue weighted by Gasteiger charge is 2.35. The highest BCUT2D eigenvalue weighted by atomic mass is 16.7. The van der Waals surface area contributed by atoms with Gasteiger partial charge in [-0.2, -0.15) is 0 Å². The number of carbonyl (C=O) groups excluding carboxylic acids is 2. The van der Waals surface area contributed by atoms with Gasteiger partial charge in [-0.15, -0.1) is 5.06 Å². The van der Waals surface area contributed by atoms with Crippen molar-refractivity contribution >= 4 is 23.0 Å². The lowest BCUT2D eigenvalue weighted by atomic mass is 10.1. The van der Waals surface area contributed by atoms with E-state index in [9.17, 15) is 9.59 Å². The standard InChI is InChI=1S/C18H24N2O5/c1-11-8-9-13-12(10-11)14(19-24-13)15(21)20(25-18(5,6)7)16(22)23-17(2,3)4/h8-10H,1-7H3. The molecule has 1 heterocycles. The second-order valence-electron chi connectivity index (χ2n) is 7.81. The quantitative estimate of drug-likeness (QED) is 0.755. The summed E-state index contributed by atoms with van der Waals surface area (Å²) in [7, 11) is 0. The number of hydrogen-bond acceptors (Lipinski definition) is 6. The van der Waals surface area contributed by atoms with Crippen molar-refractivity contribution in [3.05, 3.63) is 29.5 Å². The fourth-order valence-corrected chi connectivity index (χ4v) is 2.04. The molecule has 0 bridgehead atoms. The molecule has 1 aromatic carbocycles. The molecular formula is C18H24N2O5. The number of aryl methyl sites for hydroxylation is 1. The Balaban J connectivity index is 2.43. The first-order chi connectivity index (χ1) is 11.4. The number of ether oxygens (including phenoxy) is 1. The molecule has 7 heteroatoms. The summed E-state index contributed by atoms with van der Waals surface area (Å²) in [5.41, 5.74) is -0.186. The number of nitrogens with zero attached hydrogens (tertiary/aromatic N) is 2. The van der Waals surface area contributed by atoms with E-state index < -0.39 is 23.2 Å². The largest absolute Gasteiger partial charge is 0.442 e. The van der Waals surface area contributed by atoms with Crippen LogP contribution in [0.15, 0.2) is 22.7 Å². The van der Waals surface area contributed by atoms with Crippen molar-refractivity contribution in [2.24, 2.45) is 0 Å². The molecule has 0 radical (unpaired) electrons. The highest BCUT2D eigenvalue weighted by molar-refractivity contribution is 6.08. The predicted molar refractivity (Wildman–Crippen MR) is 92.0 cm³/mol. The fraction of sp³-hybridized carbons (Fsp3) is 0.500. The Morgan fingerprint density at radius 3 is 2.28 bits per heavy atom. The van der Waals surface area contributed by atoms with Gasteiger partial charge in [-0.3, -0.25) is 9.63 Å². The van der Waals surface area contributed by atoms with Gasteiger partial charge in [0.15, 0.2) is 11.3 Å². The lowest BCUT2D eigenvalue weighted by Gasteiger charge is -2.29. The Bertz CT molecular complexity index is 796. The van der Waals surface area contributed by atoms with Crippen molar-refractivity contribution in [2.45, 2.75) is 59.7 Å². The minimum atomic E-state index is -0.906. The molecular weight excluding hydrogens is 324 g/mol. The van der Waals surface area contributed by atoms with E-state index in [2.05, 4.69) is 5.16 Å². The minimum absolute atomic E-state index is 0.00573. The lowest BCUT2D eigenvalue weighted by Crippen LogP contribution is -2.45. The molecule has 0 spiro atoms. The van der Waals surface area contributed by atoms with Gasteiger partial charge in [0.05, 0.1) is 11.0 Å². The average Bonchev–Trinajstić information content (AvgIpc) is 2.84. The predicted octanol–water partition coefficient (Wildman–Crippen LogP) is 4.24. The monoisotopic (exact) mass is 348 g/mol. The van der Waals surface area contributed by atoms with Gasteiger partial charge in [0.1, 0.15) is 5.60 Å². The number of rotatable bonds is 2. The third-order valence-electron chi connectivity index (χ3n) is 2.94. The SMILES string of the molecule is Cc1ccc2onc(C(=O)N(OC(C)(C)C)C(=O)OC(C)(C)C)c2c1. The number of imide groups is 1. The van der Waals surface area contributed by atoms with E-state index >= 15 is 0 Å². The zero-order chi connectivity index (χ0) is 19.0. The van der Waals surface area contributed by atoms with Crippen molar-refractivity contribution in [1.29, 1.82) is 0 Å². The van der Waals surface area contributed by atoms with Crippen molar-refractivity contribution < 1.29 is 23.7 Å². The summed E-state index contributed by atoms with van der Waals surface area (Å²) in [5, 5.41) is 4.92. The molecule has 0 saturated heterocycles. The zero-order valence-corrected chi connectivity index (χ0v) is 15.7. The second-order valence-corrected chi connectivity index (χ2v) is 7.81. The number of aromatic nitrogens is 1. The Morgan fingerprint density at radius 1 is 1.08 bits per heavy atom. The van der Waals surface area contributed by atoms with Crippen LogP contribution >= 0.6 is 0 Å². The molecule has 1 aromatic heterocycles. The summed E-state index contributed by atoms with van der Waals surface area (Å²) in [6, 6.07) is 5.33. The van der Waals surface area contributed by atoms with Gasteiger partial charge in [0, 0.05) is 0 Å². The average molecular weight is 348 g/mol. The lowest BCUT2D eigenvalue weighted by molar-refractivity contribution is -0.182. The Labute approximate surface area is 146 Å². The van der Waals surface area contributed by atoms with Gasteiger partial charge in [0.25, 0.3) is 0 Å². The summed E-state index contributed by atoms with van der Waals surface area (Å²) in [6.45, 7) is 12.2. The number of benzene rings is 1. The van der Waals surface area contributed by atoms with Crippen molar-refractivity contribution in [2.75, 3.05) is 0 Å². The van der Waals surface area contributed by atoms with Crippen LogP contribution in [0.1, 0.15) is 57.6 Å². The number of fused-ring (bicyclic) bond motifs is 1. The Morgan fingerprint density at radius 2 is 1.72 bits per heavy atom. The molecule has 0 unspecified atom stereocenters. The maximum Gasteiger partial charge on any atom is 0.442 e. The third kappa shape index (κ3) is 4.79. The number of hydroxylamine groups is 2. The van der Waals surface area contributed by atoms with Gasteiger partial charge in [-0.1, -0.05) is 16.8 Å². The topological polar surface area (TPSA) is 81.9 Å². The molecule has 0 N–H and O–H groups in total. The van der Waals surface area contributed by atoms with E-state index in [-0.39, 0.29) is 5.69 Å². The van der Waals surface area contributed by atoms with Gasteiger partial charge >= 0.3 is 12.0 Å². The molecule has 0 saturated carbocycles. The molecule has 0 atom stereocenters. The first kappa shape index (κ1) is 18.9. The van der Waals surface area contributed by atoms with Crippen LogP contribution in [0, 0.1) is 6.92 Å². The molecule has 2 rings (SSSR count). The summed E-state index contributed by atoms with van der Waals surface area (Å²) < 4.78 is 10.5. The van der Waals surface area contributed by atoms with Crippen LogP contribution in [0.4, 0.5) is 4.79 Å². The van der Waals surface area contributed by atoms with Gasteiger partial charge in [-0.05, 0) is 60.6 Å². The smallest absolute Gasteiger partial charge is 0.442 e. The number of carbonyl (C=O) groups is 2. The van der Waals surface area contributed by atoms with Crippen molar-refractivity contribution in [3.8, 4) is 0 Å².